The maximum absolute atomic E-state index is 5.26. The zero-order valence-electron chi connectivity index (χ0n) is 82.8. The fraction of sp³-hybridized carbons (Fsp3) is 0.205. The van der Waals surface area contributed by atoms with Crippen molar-refractivity contribution in [2.45, 2.75) is 159 Å². The molecule has 23 heteroatoms. The molecule has 0 bridgehead atoms. The van der Waals surface area contributed by atoms with Crippen LogP contribution in [0.1, 0.15) is 156 Å². The van der Waals surface area contributed by atoms with Gasteiger partial charge in [0.15, 0.2) is 32.6 Å². The topological polar surface area (TPSA) is 247 Å². The van der Waals surface area contributed by atoms with E-state index in [1.165, 1.54) is 26.4 Å². The monoisotopic (exact) mass is 1860 g/mol. The molecule has 0 aliphatic carbocycles. The predicted molar refractivity (Wildman–Crippen MR) is 581 cm³/mol. The van der Waals surface area contributed by atoms with Gasteiger partial charge < -0.3 is 23.3 Å². The molecule has 0 saturated carbocycles. The van der Waals surface area contributed by atoms with Crippen molar-refractivity contribution in [3.8, 4) is 0 Å². The van der Waals surface area contributed by atoms with Gasteiger partial charge in [-0.2, -0.15) is 0 Å². The van der Waals surface area contributed by atoms with Crippen LogP contribution in [0.3, 0.4) is 0 Å². The number of imidazole rings is 3. The molecule has 0 amide bonds. The van der Waals surface area contributed by atoms with Crippen molar-refractivity contribution in [2.24, 2.45) is 0 Å². The van der Waals surface area contributed by atoms with Gasteiger partial charge in [-0.1, -0.05) is 277 Å². The minimum atomic E-state index is 0.723. The standard InChI is InChI=1S/C9H7N.C8H8N2.2C8H6N2.2C8H7NO.C8H7N.C8H6O.C8H6S.2C5H4N2S.C5H5N.C4H4N2.10C2H6/c1-2-6-9-8(4-1)5-3-7-10-9;1-6-9-7-4-2-3-5-8(7)10-6;1-3-7-4-2-6-10-8(7)9-5-1;1-2-4-8-7(3-1)9-5-6-10-8;1-6-9-7-4-2-3-5-8(7)10-6;1-6-7-4-2-3-5-8(7)10-9-6;3*1-2-4-8-7(3-1)5-6-9-8;2*1-2-7-3-4-8-5(7)6-1;1-2-4-6-5-3-1;1-2-6-4-3-5-1;10*1-2/h1-7H;2-5H,1H3,(H,9,10);2*1-6H;2*2-5H,1H3;1-6,9H;2*1-6H;2*1-4H;1-5H;1-4H;10*1-2H3. The van der Waals surface area contributed by atoms with Gasteiger partial charge in [-0.05, 0) is 163 Å². The van der Waals surface area contributed by atoms with Crippen LogP contribution in [0.15, 0.2) is 414 Å². The van der Waals surface area contributed by atoms with Crippen LogP contribution >= 0.6 is 34.0 Å². The molecule has 24 rings (SSSR count). The Labute approximate surface area is 811 Å². The number of nitrogens with zero attached hydrogens (tertiary/aromatic N) is 15. The van der Waals surface area contributed by atoms with Gasteiger partial charge in [0.1, 0.15) is 16.9 Å². The number of hydrogen-bond donors (Lipinski definition) is 2. The molecule has 0 aliphatic rings. The molecule has 0 spiro atoms. The zero-order chi connectivity index (χ0) is 99.0. The summed E-state index contributed by atoms with van der Waals surface area (Å²) in [5.41, 5.74) is 11.7. The van der Waals surface area contributed by atoms with E-state index < -0.39 is 0 Å². The number of fused-ring (bicyclic) bond motifs is 11. The molecule has 0 aliphatic heterocycles. The number of aromatic amines is 2. The third-order valence-electron chi connectivity index (χ3n) is 16.0. The number of rotatable bonds is 0. The summed E-state index contributed by atoms with van der Waals surface area (Å²) in [7, 11) is 0. The van der Waals surface area contributed by atoms with Gasteiger partial charge in [0.2, 0.25) is 0 Å². The molecule has 24 aromatic rings. The highest BCUT2D eigenvalue weighted by molar-refractivity contribution is 7.17. The Morgan fingerprint density at radius 2 is 0.733 bits per heavy atom. The second-order valence-corrected chi connectivity index (χ2v) is 26.7. The molecule has 0 saturated heterocycles. The number of H-pyrrole nitrogens is 2. The molecule has 0 fully saturated rings. The Bertz CT molecular complexity index is 5770. The minimum Gasteiger partial charge on any atom is -0.464 e. The van der Waals surface area contributed by atoms with Crippen LogP contribution in [0, 0.1) is 20.8 Å². The van der Waals surface area contributed by atoms with Crippen LogP contribution in [-0.2, 0) is 0 Å². The van der Waals surface area contributed by atoms with E-state index >= 15 is 0 Å². The van der Waals surface area contributed by atoms with E-state index in [2.05, 4.69) is 141 Å². The number of thiophene rings is 1. The summed E-state index contributed by atoms with van der Waals surface area (Å²) >= 11 is 5.08. The molecule has 706 valence electrons. The van der Waals surface area contributed by atoms with E-state index in [4.69, 9.17) is 13.4 Å². The van der Waals surface area contributed by atoms with Gasteiger partial charge in [0, 0.05) is 161 Å². The average molecular weight is 1870 g/mol. The summed E-state index contributed by atoms with van der Waals surface area (Å²) in [5, 5.41) is 17.1. The number of thiazole rings is 2. The summed E-state index contributed by atoms with van der Waals surface area (Å²) < 4.78 is 20.7. The molecular weight excluding hydrogens is 1730 g/mol. The van der Waals surface area contributed by atoms with Gasteiger partial charge in [-0.3, -0.25) is 38.7 Å². The van der Waals surface area contributed by atoms with Gasteiger partial charge in [0.25, 0.3) is 0 Å². The van der Waals surface area contributed by atoms with E-state index in [0.717, 1.165) is 99.0 Å². The Morgan fingerprint density at radius 1 is 0.289 bits per heavy atom. The SMILES string of the molecule is CC.CC.CC.CC.CC.CC.CC.CC.CC.CC.Cc1nc2ccccc2[nH]1.Cc1nc2ccccc2o1.Cc1noc2ccccc12.c1ccc2[nH]ccc2c1.c1ccc2ncccc2c1.c1ccc2nccnc2c1.c1ccc2occc2c1.c1ccc2sccc2c1.c1ccncc1.c1cn2ccsc2n1.c1cn2ccsc2n1.c1cnc2ncccc2c1.c1cnccn1. The van der Waals surface area contributed by atoms with Crippen molar-refractivity contribution in [1.29, 1.82) is 0 Å². The smallest absolute Gasteiger partial charge is 0.193 e. The van der Waals surface area contributed by atoms with E-state index in [9.17, 15) is 0 Å². The van der Waals surface area contributed by atoms with Crippen LogP contribution < -0.4 is 0 Å². The number of nitrogens with one attached hydrogen (secondary N) is 2. The van der Waals surface area contributed by atoms with E-state index in [1.54, 1.807) is 115 Å². The number of para-hydroxylation sites is 10. The highest BCUT2D eigenvalue weighted by Crippen LogP contribution is 2.21. The number of aryl methyl sites for hydroxylation is 3. The fourth-order valence-electron chi connectivity index (χ4n) is 10.6. The summed E-state index contributed by atoms with van der Waals surface area (Å²) in [5.74, 6) is 1.70. The third kappa shape index (κ3) is 44.2. The molecule has 0 radical (unpaired) electrons. The van der Waals surface area contributed by atoms with Crippen LogP contribution in [0.5, 0.6) is 0 Å². The molecular formula is C112H137N17O3S3. The second-order valence-electron chi connectivity index (χ2n) is 24.0. The van der Waals surface area contributed by atoms with Crippen LogP contribution in [0.4, 0.5) is 0 Å². The van der Waals surface area contributed by atoms with E-state index in [0.29, 0.717) is 0 Å². The largest absolute Gasteiger partial charge is 0.464 e. The molecule has 16 aromatic heterocycles. The number of benzene rings is 8. The van der Waals surface area contributed by atoms with E-state index in [1.807, 2.05) is 422 Å². The molecule has 135 heavy (non-hydrogen) atoms. The number of furan rings is 1. The highest BCUT2D eigenvalue weighted by Gasteiger charge is 2.02. The lowest BCUT2D eigenvalue weighted by Gasteiger charge is -1.91. The Hall–Kier alpha value is -14.9. The number of aromatic nitrogens is 17. The Balaban J connectivity index is 0.000000488. The van der Waals surface area contributed by atoms with Crippen LogP contribution in [0.25, 0.3) is 108 Å². The first-order valence-electron chi connectivity index (χ1n) is 46.1. The number of pyridine rings is 4. The average Bonchev–Trinajstić information content (AvgIpc) is 1.81. The predicted octanol–water partition coefficient (Wildman–Crippen LogP) is 33.8. The summed E-state index contributed by atoms with van der Waals surface area (Å²) in [6.07, 6.45) is 33.8. The van der Waals surface area contributed by atoms with Crippen molar-refractivity contribution in [2.75, 3.05) is 0 Å². The van der Waals surface area contributed by atoms with Crippen molar-refractivity contribution in [1.82, 2.24) is 83.7 Å². The van der Waals surface area contributed by atoms with Crippen molar-refractivity contribution < 1.29 is 13.4 Å². The molecule has 0 unspecified atom stereocenters. The Morgan fingerprint density at radius 3 is 1.22 bits per heavy atom. The summed E-state index contributed by atoms with van der Waals surface area (Å²) in [6.45, 7) is 45.7. The normalized spacial score (nSPS) is 9.00. The number of hydrogen-bond acceptors (Lipinski definition) is 19. The van der Waals surface area contributed by atoms with E-state index in [-0.39, 0.29) is 0 Å². The second kappa shape index (κ2) is 76.8. The van der Waals surface area contributed by atoms with Crippen molar-refractivity contribution >= 4 is 142 Å². The minimum absolute atomic E-state index is 0.723. The Kier molecular flexibility index (Phi) is 66.0. The first-order chi connectivity index (χ1) is 66.8. The summed E-state index contributed by atoms with van der Waals surface area (Å²) in [6, 6.07) is 87.7. The first-order valence-corrected chi connectivity index (χ1v) is 48.8. The molecule has 2 N–H and O–H groups in total. The maximum atomic E-state index is 5.26. The van der Waals surface area contributed by atoms with Gasteiger partial charge >= 0.3 is 0 Å². The van der Waals surface area contributed by atoms with Crippen LogP contribution in [-0.4, -0.2) is 83.7 Å². The van der Waals surface area contributed by atoms with Gasteiger partial charge in [-0.15, -0.1) is 34.0 Å². The third-order valence-corrected chi connectivity index (χ3v) is 18.5. The maximum Gasteiger partial charge on any atom is 0.193 e. The summed E-state index contributed by atoms with van der Waals surface area (Å²) in [4.78, 5) is 56.7. The zero-order valence-corrected chi connectivity index (χ0v) is 85.2. The first kappa shape index (κ1) is 116. The van der Waals surface area contributed by atoms with Gasteiger partial charge in [0.05, 0.1) is 39.5 Å². The van der Waals surface area contributed by atoms with Gasteiger partial charge in [-0.25, -0.2) is 29.9 Å². The lowest BCUT2D eigenvalue weighted by Crippen LogP contribution is -1.78. The molecule has 0 atom stereocenters. The van der Waals surface area contributed by atoms with Crippen LogP contribution in [0.2, 0.25) is 0 Å². The molecule has 8 aromatic carbocycles. The molecule has 20 nitrogen and oxygen atoms in total. The molecule has 16 heterocycles. The van der Waals surface area contributed by atoms with Crippen molar-refractivity contribution in [3.05, 3.63) is 418 Å². The fourth-order valence-corrected chi connectivity index (χ4v) is 12.8. The van der Waals surface area contributed by atoms with Crippen molar-refractivity contribution in [3.63, 3.8) is 0 Å². The lowest BCUT2D eigenvalue weighted by atomic mass is 10.2. The lowest BCUT2D eigenvalue weighted by molar-refractivity contribution is 0.450. The quantitative estimate of drug-likeness (QED) is 0.143. The number of oxazole rings is 1. The highest BCUT2D eigenvalue weighted by atomic mass is 32.1.